The van der Waals surface area contributed by atoms with Crippen molar-refractivity contribution in [1.82, 2.24) is 9.80 Å². The molecule has 2 unspecified atom stereocenters. The lowest BCUT2D eigenvalue weighted by Gasteiger charge is -2.32. The maximum absolute atomic E-state index is 13.5. The third kappa shape index (κ3) is 4.76. The van der Waals surface area contributed by atoms with Crippen molar-refractivity contribution in [3.8, 4) is 5.75 Å². The van der Waals surface area contributed by atoms with Gasteiger partial charge >= 0.3 is 5.97 Å². The summed E-state index contributed by atoms with van der Waals surface area (Å²) in [4.78, 5) is 28.1. The number of aliphatic hydroxyl groups is 1. The van der Waals surface area contributed by atoms with Crippen LogP contribution in [0.25, 0.3) is 11.0 Å². The highest BCUT2D eigenvalue weighted by atomic mass is 16.5. The second kappa shape index (κ2) is 9.42. The summed E-state index contributed by atoms with van der Waals surface area (Å²) >= 11 is 0. The van der Waals surface area contributed by atoms with Crippen LogP contribution >= 0.6 is 0 Å². The molecule has 1 saturated heterocycles. The van der Waals surface area contributed by atoms with Crippen molar-refractivity contribution in [2.75, 3.05) is 33.3 Å². The van der Waals surface area contributed by atoms with Gasteiger partial charge < -0.3 is 24.3 Å². The van der Waals surface area contributed by atoms with E-state index in [-0.39, 0.29) is 18.1 Å². The van der Waals surface area contributed by atoms with Crippen LogP contribution in [0.1, 0.15) is 28.4 Å². The highest BCUT2D eigenvalue weighted by Gasteiger charge is 2.30. The number of ether oxygens (including phenoxy) is 1. The second-order valence-corrected chi connectivity index (χ2v) is 8.03. The van der Waals surface area contributed by atoms with Crippen molar-refractivity contribution in [3.05, 3.63) is 65.9 Å². The fourth-order valence-electron chi connectivity index (χ4n) is 4.11. The van der Waals surface area contributed by atoms with E-state index in [1.165, 1.54) is 6.26 Å². The Labute approximate surface area is 185 Å². The van der Waals surface area contributed by atoms with Crippen molar-refractivity contribution >= 4 is 22.8 Å². The standard InChI is InChI=1S/C24H26N2O6/c1-25(24(30)20-14-32-22-8-3-2-7-19(20)22)21(13-26-10-9-17(27)12-26)16-5-4-6-18(11-16)31-15-23(28)29/h2-8,11,14,17,21,27H,9-10,12-13,15H2,1H3,(H,28,29). The topological polar surface area (TPSA) is 103 Å². The molecule has 1 amide bonds. The first kappa shape index (κ1) is 21.9. The number of carbonyl (C=O) groups excluding carboxylic acids is 1. The van der Waals surface area contributed by atoms with E-state index < -0.39 is 12.6 Å². The number of likely N-dealkylation sites (N-methyl/N-ethyl adjacent to an activating group) is 1. The summed E-state index contributed by atoms with van der Waals surface area (Å²) in [6.45, 7) is 1.37. The minimum Gasteiger partial charge on any atom is -0.482 e. The Morgan fingerprint density at radius 3 is 2.81 bits per heavy atom. The molecule has 2 heterocycles. The van der Waals surface area contributed by atoms with Gasteiger partial charge in [-0.2, -0.15) is 0 Å². The van der Waals surface area contributed by atoms with Crippen molar-refractivity contribution in [3.63, 3.8) is 0 Å². The molecule has 0 saturated carbocycles. The van der Waals surface area contributed by atoms with E-state index in [2.05, 4.69) is 4.90 Å². The van der Waals surface area contributed by atoms with Gasteiger partial charge in [-0.25, -0.2) is 4.79 Å². The molecule has 3 aromatic rings. The number of aliphatic carboxylic acids is 1. The molecule has 0 bridgehead atoms. The molecule has 1 aliphatic heterocycles. The summed E-state index contributed by atoms with van der Waals surface area (Å²) in [5.41, 5.74) is 1.94. The molecule has 8 heteroatoms. The minimum absolute atomic E-state index is 0.184. The molecule has 1 aliphatic rings. The number of benzene rings is 2. The first-order chi connectivity index (χ1) is 15.4. The lowest BCUT2D eigenvalue weighted by Crippen LogP contribution is -2.39. The van der Waals surface area contributed by atoms with Crippen LogP contribution in [0.4, 0.5) is 0 Å². The van der Waals surface area contributed by atoms with Crippen LogP contribution in [0.2, 0.25) is 0 Å². The lowest BCUT2D eigenvalue weighted by atomic mass is 10.0. The molecule has 32 heavy (non-hydrogen) atoms. The number of fused-ring (bicyclic) bond motifs is 1. The zero-order valence-corrected chi connectivity index (χ0v) is 17.8. The molecule has 0 radical (unpaired) electrons. The van der Waals surface area contributed by atoms with E-state index in [1.807, 2.05) is 30.3 Å². The number of furan rings is 1. The van der Waals surface area contributed by atoms with Gasteiger partial charge in [0.05, 0.1) is 17.7 Å². The second-order valence-electron chi connectivity index (χ2n) is 8.03. The minimum atomic E-state index is -1.06. The van der Waals surface area contributed by atoms with E-state index in [1.54, 1.807) is 30.1 Å². The number of nitrogens with zero attached hydrogens (tertiary/aromatic N) is 2. The van der Waals surface area contributed by atoms with E-state index in [4.69, 9.17) is 14.3 Å². The lowest BCUT2D eigenvalue weighted by molar-refractivity contribution is -0.139. The summed E-state index contributed by atoms with van der Waals surface area (Å²) in [5.74, 6) is -0.820. The molecule has 4 rings (SSSR count). The Kier molecular flexibility index (Phi) is 6.43. The summed E-state index contributed by atoms with van der Waals surface area (Å²) in [6.07, 6.45) is 1.80. The first-order valence-electron chi connectivity index (χ1n) is 10.5. The number of rotatable bonds is 8. The number of para-hydroxylation sites is 1. The third-order valence-corrected chi connectivity index (χ3v) is 5.78. The molecule has 0 aliphatic carbocycles. The van der Waals surface area contributed by atoms with Gasteiger partial charge in [0.15, 0.2) is 6.61 Å². The van der Waals surface area contributed by atoms with E-state index in [0.717, 1.165) is 17.5 Å². The summed E-state index contributed by atoms with van der Waals surface area (Å²) in [7, 11) is 1.74. The van der Waals surface area contributed by atoms with Gasteiger partial charge in [-0.1, -0.05) is 30.3 Å². The van der Waals surface area contributed by atoms with Crippen molar-refractivity contribution < 1.29 is 29.0 Å². The average molecular weight is 438 g/mol. The van der Waals surface area contributed by atoms with Crippen molar-refractivity contribution in [2.45, 2.75) is 18.6 Å². The number of carboxylic acids is 1. The number of likely N-dealkylation sites (tertiary alicyclic amines) is 1. The summed E-state index contributed by atoms with van der Waals surface area (Å²) < 4.78 is 10.9. The number of carbonyl (C=O) groups is 2. The highest BCUT2D eigenvalue weighted by molar-refractivity contribution is 6.05. The van der Waals surface area contributed by atoms with Crippen LogP contribution in [0, 0.1) is 0 Å². The predicted molar refractivity (Wildman–Crippen MR) is 118 cm³/mol. The fraction of sp³-hybridized carbons (Fsp3) is 0.333. The first-order valence-corrected chi connectivity index (χ1v) is 10.5. The molecular weight excluding hydrogens is 412 g/mol. The van der Waals surface area contributed by atoms with Crippen LogP contribution in [0.5, 0.6) is 5.75 Å². The van der Waals surface area contributed by atoms with Crippen LogP contribution in [0.15, 0.2) is 59.2 Å². The summed E-state index contributed by atoms with van der Waals surface area (Å²) in [5, 5.41) is 19.6. The molecule has 2 N–H and O–H groups in total. The quantitative estimate of drug-likeness (QED) is 0.557. The molecule has 168 valence electrons. The molecule has 8 nitrogen and oxygen atoms in total. The maximum atomic E-state index is 13.5. The van der Waals surface area contributed by atoms with Crippen LogP contribution < -0.4 is 4.74 Å². The molecule has 1 aromatic heterocycles. The SMILES string of the molecule is CN(C(=O)c1coc2ccccc12)C(CN1CCC(O)C1)c1cccc(OCC(=O)O)c1. The van der Waals surface area contributed by atoms with Gasteiger partial charge in [0.1, 0.15) is 17.6 Å². The van der Waals surface area contributed by atoms with Crippen molar-refractivity contribution in [1.29, 1.82) is 0 Å². The van der Waals surface area contributed by atoms with Crippen molar-refractivity contribution in [2.24, 2.45) is 0 Å². The largest absolute Gasteiger partial charge is 0.482 e. The zero-order chi connectivity index (χ0) is 22.7. The van der Waals surface area contributed by atoms with Gasteiger partial charge in [-0.3, -0.25) is 9.69 Å². The fourth-order valence-corrected chi connectivity index (χ4v) is 4.11. The molecule has 1 fully saturated rings. The van der Waals surface area contributed by atoms with Gasteiger partial charge in [-0.05, 0) is 30.2 Å². The Hall–Kier alpha value is -3.36. The monoisotopic (exact) mass is 438 g/mol. The number of β-amino-alcohol motifs (C(OH)–C–C–N with tert-alkyl or cyclic N) is 1. The molecule has 2 aromatic carbocycles. The Balaban J connectivity index is 1.63. The normalized spacial score (nSPS) is 17.4. The Morgan fingerprint density at radius 1 is 1.25 bits per heavy atom. The molecule has 2 atom stereocenters. The van der Waals surface area contributed by atoms with Crippen LogP contribution in [-0.4, -0.2) is 71.3 Å². The zero-order valence-electron chi connectivity index (χ0n) is 17.8. The highest BCUT2D eigenvalue weighted by Crippen LogP contribution is 2.29. The number of hydrogen-bond acceptors (Lipinski definition) is 6. The van der Waals surface area contributed by atoms with Gasteiger partial charge in [0, 0.05) is 32.1 Å². The van der Waals surface area contributed by atoms with E-state index >= 15 is 0 Å². The van der Waals surface area contributed by atoms with Crippen LogP contribution in [0.3, 0.4) is 0 Å². The average Bonchev–Trinajstić information content (AvgIpc) is 3.41. The number of amides is 1. The molecular formula is C24H26N2O6. The molecule has 0 spiro atoms. The number of hydrogen-bond donors (Lipinski definition) is 2. The van der Waals surface area contributed by atoms with Gasteiger partial charge in [0.25, 0.3) is 5.91 Å². The maximum Gasteiger partial charge on any atom is 0.341 e. The van der Waals surface area contributed by atoms with E-state index in [9.17, 15) is 14.7 Å². The Bertz CT molecular complexity index is 1110. The smallest absolute Gasteiger partial charge is 0.341 e. The summed E-state index contributed by atoms with van der Waals surface area (Å²) in [6, 6.07) is 14.2. The number of aliphatic hydroxyl groups excluding tert-OH is 1. The van der Waals surface area contributed by atoms with Gasteiger partial charge in [-0.15, -0.1) is 0 Å². The predicted octanol–water partition coefficient (Wildman–Crippen LogP) is 2.78. The third-order valence-electron chi connectivity index (χ3n) is 5.78. The van der Waals surface area contributed by atoms with Crippen LogP contribution in [-0.2, 0) is 4.79 Å². The van der Waals surface area contributed by atoms with Gasteiger partial charge in [0.2, 0.25) is 0 Å². The number of carboxylic acid groups (broad SMARTS) is 1. The Morgan fingerprint density at radius 2 is 2.06 bits per heavy atom. The van der Waals surface area contributed by atoms with E-state index in [0.29, 0.717) is 36.4 Å².